The summed E-state index contributed by atoms with van der Waals surface area (Å²) < 4.78 is 19.4. The number of ether oxygens (including phenoxy) is 1. The van der Waals surface area contributed by atoms with Crippen molar-refractivity contribution < 1.29 is 9.13 Å². The number of aromatic nitrogens is 1. The normalized spacial score (nSPS) is 10.8. The van der Waals surface area contributed by atoms with Crippen molar-refractivity contribution >= 4 is 32.5 Å². The summed E-state index contributed by atoms with van der Waals surface area (Å²) in [7, 11) is 0. The first kappa shape index (κ1) is 13.8. The predicted octanol–water partition coefficient (Wildman–Crippen LogP) is 4.30. The lowest BCUT2D eigenvalue weighted by atomic mass is 10.1. The molecule has 0 amide bonds. The molecule has 0 aliphatic carbocycles. The third-order valence-electron chi connectivity index (χ3n) is 3.14. The van der Waals surface area contributed by atoms with Crippen molar-refractivity contribution in [3.05, 3.63) is 64.5 Å². The predicted molar refractivity (Wildman–Crippen MR) is 84.6 cm³/mol. The smallest absolute Gasteiger partial charge is 0.137 e. The molecule has 3 aromatic rings. The van der Waals surface area contributed by atoms with E-state index in [0.29, 0.717) is 22.5 Å². The summed E-state index contributed by atoms with van der Waals surface area (Å²) >= 11 is 3.16. The van der Waals surface area contributed by atoms with Crippen LogP contribution in [0.4, 0.5) is 10.1 Å². The van der Waals surface area contributed by atoms with Crippen molar-refractivity contribution in [2.45, 2.75) is 6.61 Å². The molecule has 0 radical (unpaired) electrons. The summed E-state index contributed by atoms with van der Waals surface area (Å²) in [6.45, 7) is 0.340. The van der Waals surface area contributed by atoms with E-state index in [1.54, 1.807) is 24.4 Å². The van der Waals surface area contributed by atoms with Gasteiger partial charge in [0.15, 0.2) is 0 Å². The van der Waals surface area contributed by atoms with Gasteiger partial charge in [0, 0.05) is 11.6 Å². The fourth-order valence-electron chi connectivity index (χ4n) is 2.08. The average Bonchev–Trinajstić information content (AvgIpc) is 2.50. The zero-order valence-corrected chi connectivity index (χ0v) is 12.6. The van der Waals surface area contributed by atoms with Gasteiger partial charge in [0.2, 0.25) is 0 Å². The molecule has 0 aliphatic heterocycles. The van der Waals surface area contributed by atoms with Crippen LogP contribution in [-0.2, 0) is 6.61 Å². The summed E-state index contributed by atoms with van der Waals surface area (Å²) in [5.41, 5.74) is 8.11. The van der Waals surface area contributed by atoms with Gasteiger partial charge in [-0.15, -0.1) is 0 Å². The lowest BCUT2D eigenvalue weighted by molar-refractivity contribution is 0.310. The highest BCUT2D eigenvalue weighted by Crippen LogP contribution is 2.29. The monoisotopic (exact) mass is 346 g/mol. The largest absolute Gasteiger partial charge is 0.488 e. The number of anilines is 1. The minimum Gasteiger partial charge on any atom is -0.488 e. The quantitative estimate of drug-likeness (QED) is 0.719. The van der Waals surface area contributed by atoms with Crippen molar-refractivity contribution in [1.29, 1.82) is 0 Å². The van der Waals surface area contributed by atoms with Crippen LogP contribution in [0.25, 0.3) is 10.9 Å². The van der Waals surface area contributed by atoms with Crippen LogP contribution in [0.5, 0.6) is 5.75 Å². The minimum atomic E-state index is -0.291. The molecule has 0 bridgehead atoms. The Morgan fingerprint density at radius 1 is 1.19 bits per heavy atom. The van der Waals surface area contributed by atoms with E-state index >= 15 is 0 Å². The summed E-state index contributed by atoms with van der Waals surface area (Å²) in [5, 5.41) is 0.860. The van der Waals surface area contributed by atoms with Crippen LogP contribution in [0.1, 0.15) is 5.56 Å². The molecule has 0 saturated carbocycles. The van der Waals surface area contributed by atoms with Gasteiger partial charge >= 0.3 is 0 Å². The Labute approximate surface area is 129 Å². The van der Waals surface area contributed by atoms with E-state index in [1.165, 1.54) is 6.07 Å². The van der Waals surface area contributed by atoms with Gasteiger partial charge in [-0.1, -0.05) is 6.07 Å². The second-order valence-corrected chi connectivity index (χ2v) is 5.44. The highest BCUT2D eigenvalue weighted by molar-refractivity contribution is 9.10. The van der Waals surface area contributed by atoms with Crippen LogP contribution in [0.15, 0.2) is 53.1 Å². The molecule has 1 heterocycles. The third kappa shape index (κ3) is 2.83. The van der Waals surface area contributed by atoms with Gasteiger partial charge in [-0.05, 0) is 57.9 Å². The van der Waals surface area contributed by atoms with Gasteiger partial charge in [0.05, 0.1) is 15.7 Å². The molecular formula is C16H12BrFN2O. The van der Waals surface area contributed by atoms with Crippen LogP contribution >= 0.6 is 15.9 Å². The minimum absolute atomic E-state index is 0.291. The van der Waals surface area contributed by atoms with Gasteiger partial charge in [0.1, 0.15) is 18.2 Å². The van der Waals surface area contributed by atoms with Crippen LogP contribution in [0, 0.1) is 5.82 Å². The fraction of sp³-hybridized carbons (Fsp3) is 0.0625. The first-order valence-electron chi connectivity index (χ1n) is 6.35. The Morgan fingerprint density at radius 2 is 2.05 bits per heavy atom. The van der Waals surface area contributed by atoms with Crippen molar-refractivity contribution in [3.8, 4) is 5.75 Å². The number of nitrogens with two attached hydrogens (primary N) is 1. The molecule has 0 atom stereocenters. The molecule has 21 heavy (non-hydrogen) atoms. The first-order chi connectivity index (χ1) is 10.1. The number of nitrogen functional groups attached to an aromatic ring is 1. The van der Waals surface area contributed by atoms with E-state index in [9.17, 15) is 4.39 Å². The van der Waals surface area contributed by atoms with Crippen molar-refractivity contribution in [3.63, 3.8) is 0 Å². The average molecular weight is 347 g/mol. The Kier molecular flexibility index (Phi) is 3.75. The topological polar surface area (TPSA) is 48.1 Å². The lowest BCUT2D eigenvalue weighted by Gasteiger charge is -2.10. The van der Waals surface area contributed by atoms with Crippen LogP contribution in [0.3, 0.4) is 0 Å². The lowest BCUT2D eigenvalue weighted by Crippen LogP contribution is -1.98. The number of halogens is 2. The summed E-state index contributed by atoms with van der Waals surface area (Å²) in [6, 6.07) is 12.1. The van der Waals surface area contributed by atoms with Gasteiger partial charge in [-0.3, -0.25) is 4.98 Å². The van der Waals surface area contributed by atoms with E-state index in [4.69, 9.17) is 10.5 Å². The van der Waals surface area contributed by atoms with Crippen LogP contribution in [-0.4, -0.2) is 4.98 Å². The first-order valence-corrected chi connectivity index (χ1v) is 7.14. The molecule has 0 aliphatic rings. The molecule has 0 unspecified atom stereocenters. The molecule has 0 fully saturated rings. The summed E-state index contributed by atoms with van der Waals surface area (Å²) in [5.74, 6) is 0.411. The van der Waals surface area contributed by atoms with Crippen molar-refractivity contribution in [2.75, 3.05) is 5.73 Å². The second kappa shape index (κ2) is 5.69. The Bertz CT molecular complexity index is 807. The van der Waals surface area contributed by atoms with E-state index < -0.39 is 0 Å². The molecule has 5 heteroatoms. The number of hydrogen-bond acceptors (Lipinski definition) is 3. The second-order valence-electron chi connectivity index (χ2n) is 4.59. The summed E-state index contributed by atoms with van der Waals surface area (Å²) in [6.07, 6.45) is 1.69. The molecule has 3 nitrogen and oxygen atoms in total. The SMILES string of the molecule is Nc1ccc(OCc2ccc(F)c(Br)c2)c2cccnc12. The maximum absolute atomic E-state index is 13.2. The Hall–Kier alpha value is -2.14. The third-order valence-corrected chi connectivity index (χ3v) is 3.75. The van der Waals surface area contributed by atoms with E-state index in [1.807, 2.05) is 18.2 Å². The number of fused-ring (bicyclic) bond motifs is 1. The van der Waals surface area contributed by atoms with E-state index in [-0.39, 0.29) is 5.82 Å². The van der Waals surface area contributed by atoms with Crippen LogP contribution < -0.4 is 10.5 Å². The van der Waals surface area contributed by atoms with E-state index in [0.717, 1.165) is 16.5 Å². The summed E-state index contributed by atoms with van der Waals surface area (Å²) in [4.78, 5) is 4.26. The Morgan fingerprint density at radius 3 is 2.86 bits per heavy atom. The number of hydrogen-bond donors (Lipinski definition) is 1. The molecule has 2 aromatic carbocycles. The molecule has 0 spiro atoms. The zero-order valence-electron chi connectivity index (χ0n) is 11.0. The molecule has 106 valence electrons. The number of rotatable bonds is 3. The standard InChI is InChI=1S/C16H12BrFN2O/c17-12-8-10(3-4-13(12)18)9-21-15-6-5-14(19)16-11(15)2-1-7-20-16/h1-8H,9,19H2. The van der Waals surface area contributed by atoms with Gasteiger partial charge in [-0.2, -0.15) is 0 Å². The Balaban J connectivity index is 1.88. The molecule has 3 rings (SSSR count). The maximum atomic E-state index is 13.2. The molecule has 2 N–H and O–H groups in total. The molecule has 1 aromatic heterocycles. The van der Waals surface area contributed by atoms with Gasteiger partial charge < -0.3 is 10.5 Å². The maximum Gasteiger partial charge on any atom is 0.137 e. The number of pyridine rings is 1. The van der Waals surface area contributed by atoms with Gasteiger partial charge in [-0.25, -0.2) is 4.39 Å². The fourth-order valence-corrected chi connectivity index (χ4v) is 2.51. The molecule has 0 saturated heterocycles. The van der Waals surface area contributed by atoms with E-state index in [2.05, 4.69) is 20.9 Å². The molecular weight excluding hydrogens is 335 g/mol. The van der Waals surface area contributed by atoms with Crippen LogP contribution in [0.2, 0.25) is 0 Å². The van der Waals surface area contributed by atoms with Crippen molar-refractivity contribution in [2.24, 2.45) is 0 Å². The highest BCUT2D eigenvalue weighted by atomic mass is 79.9. The number of nitrogens with zero attached hydrogens (tertiary/aromatic N) is 1. The van der Waals surface area contributed by atoms with Crippen molar-refractivity contribution in [1.82, 2.24) is 4.98 Å². The highest BCUT2D eigenvalue weighted by Gasteiger charge is 2.07. The number of benzene rings is 2. The zero-order chi connectivity index (χ0) is 14.8. The van der Waals surface area contributed by atoms with Gasteiger partial charge in [0.25, 0.3) is 0 Å².